The van der Waals surface area contributed by atoms with Gasteiger partial charge in [0.2, 0.25) is 0 Å². The lowest BCUT2D eigenvalue weighted by molar-refractivity contribution is -0.140. The second-order valence-electron chi connectivity index (χ2n) is 9.80. The van der Waals surface area contributed by atoms with Gasteiger partial charge in [-0.3, -0.25) is 13.8 Å². The third-order valence-electron chi connectivity index (χ3n) is 7.37. The third kappa shape index (κ3) is 3.78. The molecule has 0 spiro atoms. The average Bonchev–Trinajstić information content (AvgIpc) is 3.54. The molecule has 1 saturated carbocycles. The van der Waals surface area contributed by atoms with Crippen LogP contribution < -0.4 is 10.9 Å². The Bertz CT molecular complexity index is 1820. The zero-order valence-electron chi connectivity index (χ0n) is 20.2. The van der Waals surface area contributed by atoms with Gasteiger partial charge in [0.1, 0.15) is 23.2 Å². The standard InChI is InChI=1S/C29H23ClN4O3S/c30-19-10-11-23-32-26(21-12-24(35)34-22(29(36)37)15-38-28(34)25(21)17-8-9-17)27(33(23)14-19)31-13-18-6-3-5-16-4-1-2-7-20(16)18/h1-7,10-12,14,17,22,31H,8-9,13,15H2,(H,36,37). The third-order valence-corrected chi connectivity index (χ3v) is 8.76. The minimum Gasteiger partial charge on any atom is -0.480 e. The number of pyridine rings is 2. The second kappa shape index (κ2) is 8.92. The van der Waals surface area contributed by atoms with Crippen molar-refractivity contribution in [1.82, 2.24) is 14.0 Å². The summed E-state index contributed by atoms with van der Waals surface area (Å²) in [6, 6.07) is 18.9. The van der Waals surface area contributed by atoms with Gasteiger partial charge in [-0.25, -0.2) is 9.78 Å². The van der Waals surface area contributed by atoms with E-state index in [9.17, 15) is 14.7 Å². The highest BCUT2D eigenvalue weighted by atomic mass is 35.5. The van der Waals surface area contributed by atoms with Gasteiger partial charge >= 0.3 is 5.97 Å². The summed E-state index contributed by atoms with van der Waals surface area (Å²) in [5.41, 5.74) is 4.01. The van der Waals surface area contributed by atoms with Crippen molar-refractivity contribution in [2.75, 3.05) is 11.1 Å². The Morgan fingerprint density at radius 1 is 1.13 bits per heavy atom. The molecule has 5 aromatic rings. The summed E-state index contributed by atoms with van der Waals surface area (Å²) >= 11 is 7.85. The molecule has 4 heterocycles. The van der Waals surface area contributed by atoms with Gasteiger partial charge in [0.15, 0.2) is 0 Å². The molecule has 1 atom stereocenters. The summed E-state index contributed by atoms with van der Waals surface area (Å²) in [7, 11) is 0. The lowest BCUT2D eigenvalue weighted by atomic mass is 10.0. The molecule has 7 nitrogen and oxygen atoms in total. The number of aromatic nitrogens is 3. The number of imidazole rings is 1. The van der Waals surface area contributed by atoms with Crippen LogP contribution in [0.15, 0.2) is 76.7 Å². The van der Waals surface area contributed by atoms with Crippen LogP contribution in [0.4, 0.5) is 5.82 Å². The number of carboxylic acids is 1. The number of hydrogen-bond acceptors (Lipinski definition) is 5. The van der Waals surface area contributed by atoms with E-state index in [4.69, 9.17) is 16.6 Å². The largest absolute Gasteiger partial charge is 0.480 e. The first kappa shape index (κ1) is 23.4. The fourth-order valence-corrected chi connectivity index (χ4v) is 6.99. The van der Waals surface area contributed by atoms with Gasteiger partial charge in [0.25, 0.3) is 5.56 Å². The molecule has 0 saturated heterocycles. The van der Waals surface area contributed by atoms with Gasteiger partial charge in [-0.15, -0.1) is 11.8 Å². The number of fused-ring (bicyclic) bond motifs is 3. The predicted octanol–water partition coefficient (Wildman–Crippen LogP) is 6.19. The maximum Gasteiger partial charge on any atom is 0.327 e. The Kier molecular flexibility index (Phi) is 5.49. The molecule has 9 heteroatoms. The maximum atomic E-state index is 13.3. The molecule has 7 rings (SSSR count). The number of rotatable bonds is 6. The molecule has 2 aliphatic rings. The van der Waals surface area contributed by atoms with E-state index < -0.39 is 12.0 Å². The molecule has 2 aromatic carbocycles. The minimum absolute atomic E-state index is 0.284. The smallest absolute Gasteiger partial charge is 0.327 e. The second-order valence-corrected chi connectivity index (χ2v) is 11.2. The summed E-state index contributed by atoms with van der Waals surface area (Å²) < 4.78 is 3.39. The first-order chi connectivity index (χ1) is 18.5. The number of carboxylic acid groups (broad SMARTS) is 1. The van der Waals surface area contributed by atoms with Gasteiger partial charge in [0.05, 0.1) is 10.0 Å². The fraction of sp³-hybridized carbons (Fsp3) is 0.207. The molecule has 0 radical (unpaired) electrons. The normalized spacial score (nSPS) is 16.7. The molecule has 1 aliphatic carbocycles. The average molecular weight is 543 g/mol. The van der Waals surface area contributed by atoms with Crippen LogP contribution in [0.1, 0.15) is 35.9 Å². The molecule has 1 unspecified atom stereocenters. The van der Waals surface area contributed by atoms with Crippen LogP contribution in [0.25, 0.3) is 27.7 Å². The number of aliphatic carboxylic acids is 1. The van der Waals surface area contributed by atoms with E-state index in [1.54, 1.807) is 12.1 Å². The van der Waals surface area contributed by atoms with Crippen LogP contribution >= 0.6 is 23.4 Å². The van der Waals surface area contributed by atoms with Crippen LogP contribution in [0.3, 0.4) is 0 Å². The number of thioether (sulfide) groups is 1. The van der Waals surface area contributed by atoms with E-state index in [-0.39, 0.29) is 11.5 Å². The number of halogens is 1. The number of hydrogen-bond donors (Lipinski definition) is 2. The number of nitrogens with one attached hydrogen (secondary N) is 1. The number of benzene rings is 2. The minimum atomic E-state index is -0.979. The molecule has 0 bridgehead atoms. The summed E-state index contributed by atoms with van der Waals surface area (Å²) in [6.45, 7) is 0.549. The van der Waals surface area contributed by atoms with Crippen LogP contribution in [-0.4, -0.2) is 30.8 Å². The zero-order valence-corrected chi connectivity index (χ0v) is 21.8. The van der Waals surface area contributed by atoms with Crippen molar-refractivity contribution in [2.45, 2.75) is 36.4 Å². The van der Waals surface area contributed by atoms with Crippen molar-refractivity contribution in [1.29, 1.82) is 0 Å². The number of carbonyl (C=O) groups is 1. The van der Waals surface area contributed by atoms with Crippen molar-refractivity contribution in [3.05, 3.63) is 93.4 Å². The van der Waals surface area contributed by atoms with Crippen molar-refractivity contribution >= 4 is 51.6 Å². The first-order valence-corrected chi connectivity index (χ1v) is 13.9. The summed E-state index contributed by atoms with van der Waals surface area (Å²) in [5, 5.41) is 17.0. The summed E-state index contributed by atoms with van der Waals surface area (Å²) in [5.74, 6) is 0.402. The number of nitrogens with zero attached hydrogens (tertiary/aromatic N) is 3. The topological polar surface area (TPSA) is 88.6 Å². The maximum absolute atomic E-state index is 13.3. The van der Waals surface area contributed by atoms with E-state index in [0.717, 1.165) is 40.4 Å². The van der Waals surface area contributed by atoms with E-state index in [0.29, 0.717) is 28.7 Å². The lowest BCUT2D eigenvalue weighted by Crippen LogP contribution is -2.29. The Hall–Kier alpha value is -3.75. The summed E-state index contributed by atoms with van der Waals surface area (Å²) in [4.78, 5) is 30.2. The van der Waals surface area contributed by atoms with Crippen molar-refractivity contribution in [3.8, 4) is 11.3 Å². The van der Waals surface area contributed by atoms with Gasteiger partial charge in [-0.05, 0) is 52.8 Å². The SMILES string of the molecule is O=C(O)C1CSc2c(C3CC3)c(-c3nc4ccc(Cl)cn4c3NCc3cccc4ccccc34)cc(=O)n21. The zero-order chi connectivity index (χ0) is 26.0. The lowest BCUT2D eigenvalue weighted by Gasteiger charge is -2.17. The van der Waals surface area contributed by atoms with E-state index in [1.165, 1.54) is 27.1 Å². The molecule has 38 heavy (non-hydrogen) atoms. The highest BCUT2D eigenvalue weighted by Gasteiger charge is 2.39. The first-order valence-electron chi connectivity index (χ1n) is 12.5. The molecular weight excluding hydrogens is 520 g/mol. The van der Waals surface area contributed by atoms with Gasteiger partial charge < -0.3 is 10.4 Å². The monoisotopic (exact) mass is 542 g/mol. The molecule has 3 aromatic heterocycles. The Morgan fingerprint density at radius 2 is 1.95 bits per heavy atom. The molecule has 1 fully saturated rings. The van der Waals surface area contributed by atoms with Crippen LogP contribution in [0.5, 0.6) is 0 Å². The van der Waals surface area contributed by atoms with E-state index in [1.807, 2.05) is 34.9 Å². The van der Waals surface area contributed by atoms with Gasteiger partial charge in [-0.1, -0.05) is 54.1 Å². The van der Waals surface area contributed by atoms with Crippen molar-refractivity contribution < 1.29 is 9.90 Å². The molecule has 1 aliphatic heterocycles. The van der Waals surface area contributed by atoms with E-state index in [2.05, 4.69) is 29.6 Å². The molecule has 190 valence electrons. The quantitative estimate of drug-likeness (QED) is 0.266. The molecule has 0 amide bonds. The molecular formula is C29H23ClN4O3S. The summed E-state index contributed by atoms with van der Waals surface area (Å²) in [6.07, 6.45) is 3.84. The van der Waals surface area contributed by atoms with Crippen LogP contribution in [-0.2, 0) is 11.3 Å². The highest BCUT2D eigenvalue weighted by molar-refractivity contribution is 7.99. The Labute approximate surface area is 227 Å². The van der Waals surface area contributed by atoms with Crippen molar-refractivity contribution in [3.63, 3.8) is 0 Å². The fourth-order valence-electron chi connectivity index (χ4n) is 5.44. The number of anilines is 1. The molecule has 2 N–H and O–H groups in total. The predicted molar refractivity (Wildman–Crippen MR) is 151 cm³/mol. The van der Waals surface area contributed by atoms with Crippen molar-refractivity contribution in [2.24, 2.45) is 0 Å². The van der Waals surface area contributed by atoms with Gasteiger partial charge in [-0.2, -0.15) is 0 Å². The Morgan fingerprint density at radius 3 is 2.76 bits per heavy atom. The van der Waals surface area contributed by atoms with Crippen LogP contribution in [0, 0.1) is 0 Å². The Balaban J connectivity index is 1.40. The van der Waals surface area contributed by atoms with Crippen LogP contribution in [0.2, 0.25) is 5.02 Å². The van der Waals surface area contributed by atoms with Gasteiger partial charge in [0, 0.05) is 30.1 Å². The highest BCUT2D eigenvalue weighted by Crippen LogP contribution is 2.51. The van der Waals surface area contributed by atoms with E-state index >= 15 is 0 Å².